The molecule has 0 aliphatic carbocycles. The van der Waals surface area contributed by atoms with E-state index in [1.165, 1.54) is 0 Å². The van der Waals surface area contributed by atoms with Gasteiger partial charge in [0, 0.05) is 32.5 Å². The maximum atomic E-state index is 5.70. The molecule has 0 saturated carbocycles. The lowest BCUT2D eigenvalue weighted by atomic mass is 10.4. The minimum absolute atomic E-state index is 0.346. The second kappa shape index (κ2) is 6.64. The summed E-state index contributed by atoms with van der Waals surface area (Å²) in [7, 11) is 1.60. The van der Waals surface area contributed by atoms with E-state index in [4.69, 9.17) is 10.5 Å². The van der Waals surface area contributed by atoms with Crippen LogP contribution in [0.1, 0.15) is 12.2 Å². The molecule has 19 heavy (non-hydrogen) atoms. The molecule has 0 spiro atoms. The van der Waals surface area contributed by atoms with Gasteiger partial charge in [-0.15, -0.1) is 5.10 Å². The van der Waals surface area contributed by atoms with Crippen LogP contribution in [0.3, 0.4) is 0 Å². The molecule has 0 fully saturated rings. The molecule has 0 aliphatic rings. The fraction of sp³-hybridized carbons (Fsp3) is 0.455. The van der Waals surface area contributed by atoms with Crippen LogP contribution in [0.2, 0.25) is 0 Å². The number of anilines is 2. The second-order valence-corrected chi connectivity index (χ2v) is 3.97. The van der Waals surface area contributed by atoms with Gasteiger partial charge < -0.3 is 15.8 Å². The SMILES string of the molecule is COCc1nc(N)cc(NCCCn2ccnn2)n1. The van der Waals surface area contributed by atoms with Gasteiger partial charge in [-0.1, -0.05) is 5.21 Å². The number of ether oxygens (including phenoxy) is 1. The van der Waals surface area contributed by atoms with Crippen LogP contribution >= 0.6 is 0 Å². The maximum absolute atomic E-state index is 5.70. The van der Waals surface area contributed by atoms with E-state index in [1.54, 1.807) is 24.1 Å². The third-order valence-corrected chi connectivity index (χ3v) is 2.41. The first-order valence-corrected chi connectivity index (χ1v) is 5.98. The molecule has 0 saturated heterocycles. The molecule has 2 aromatic heterocycles. The standard InChI is InChI=1S/C11H17N7O/c1-19-8-11-15-9(12)7-10(16-11)13-3-2-5-18-6-4-14-17-18/h4,6-7H,2-3,5,8H2,1H3,(H3,12,13,15,16). The molecule has 2 aromatic rings. The van der Waals surface area contributed by atoms with Crippen molar-refractivity contribution in [3.8, 4) is 0 Å². The van der Waals surface area contributed by atoms with E-state index in [2.05, 4.69) is 25.6 Å². The summed E-state index contributed by atoms with van der Waals surface area (Å²) in [5, 5.41) is 10.8. The van der Waals surface area contributed by atoms with Crippen molar-refractivity contribution in [1.29, 1.82) is 0 Å². The molecule has 0 unspecified atom stereocenters. The molecule has 8 heteroatoms. The minimum atomic E-state index is 0.346. The zero-order valence-corrected chi connectivity index (χ0v) is 10.8. The molecule has 0 aliphatic heterocycles. The van der Waals surface area contributed by atoms with Crippen LogP contribution in [-0.4, -0.2) is 38.6 Å². The molecule has 0 bridgehead atoms. The fourth-order valence-corrected chi connectivity index (χ4v) is 1.61. The Hall–Kier alpha value is -2.22. The van der Waals surface area contributed by atoms with Crippen LogP contribution in [0, 0.1) is 0 Å². The van der Waals surface area contributed by atoms with Crippen molar-refractivity contribution < 1.29 is 4.74 Å². The normalized spacial score (nSPS) is 10.6. The Kier molecular flexibility index (Phi) is 4.62. The van der Waals surface area contributed by atoms with Gasteiger partial charge in [0.2, 0.25) is 0 Å². The molecule has 0 atom stereocenters. The number of nitrogen functional groups attached to an aromatic ring is 1. The monoisotopic (exact) mass is 263 g/mol. The van der Waals surface area contributed by atoms with E-state index < -0.39 is 0 Å². The summed E-state index contributed by atoms with van der Waals surface area (Å²) in [6.45, 7) is 1.92. The number of aryl methyl sites for hydroxylation is 1. The average molecular weight is 263 g/mol. The Morgan fingerprint density at radius 1 is 1.42 bits per heavy atom. The van der Waals surface area contributed by atoms with Gasteiger partial charge in [-0.3, -0.25) is 4.68 Å². The third-order valence-electron chi connectivity index (χ3n) is 2.41. The Balaban J connectivity index is 1.81. The number of nitrogens with two attached hydrogens (primary N) is 1. The molecular formula is C11H17N7O. The predicted molar refractivity (Wildman–Crippen MR) is 70.3 cm³/mol. The summed E-state index contributed by atoms with van der Waals surface area (Å²) in [6.07, 6.45) is 4.40. The number of methoxy groups -OCH3 is 1. The molecule has 0 amide bonds. The zero-order valence-electron chi connectivity index (χ0n) is 10.8. The number of nitrogens with zero attached hydrogens (tertiary/aromatic N) is 5. The summed E-state index contributed by atoms with van der Waals surface area (Å²) in [4.78, 5) is 8.37. The van der Waals surface area contributed by atoms with Crippen molar-refractivity contribution in [3.63, 3.8) is 0 Å². The second-order valence-electron chi connectivity index (χ2n) is 3.97. The molecule has 0 radical (unpaired) electrons. The van der Waals surface area contributed by atoms with Crippen LogP contribution in [0.4, 0.5) is 11.6 Å². The Morgan fingerprint density at radius 2 is 2.32 bits per heavy atom. The Labute approximate surface area is 111 Å². The first-order chi connectivity index (χ1) is 9.28. The van der Waals surface area contributed by atoms with E-state index in [0.29, 0.717) is 24.1 Å². The van der Waals surface area contributed by atoms with Crippen molar-refractivity contribution in [3.05, 3.63) is 24.3 Å². The lowest BCUT2D eigenvalue weighted by molar-refractivity contribution is 0.178. The molecule has 3 N–H and O–H groups in total. The highest BCUT2D eigenvalue weighted by Crippen LogP contribution is 2.09. The first kappa shape index (κ1) is 13.2. The largest absolute Gasteiger partial charge is 0.384 e. The maximum Gasteiger partial charge on any atom is 0.158 e. The molecule has 2 rings (SSSR count). The molecule has 102 valence electrons. The molecule has 0 aromatic carbocycles. The van der Waals surface area contributed by atoms with Crippen molar-refractivity contribution in [2.24, 2.45) is 0 Å². The fourth-order valence-electron chi connectivity index (χ4n) is 1.61. The number of hydrogen-bond acceptors (Lipinski definition) is 7. The van der Waals surface area contributed by atoms with Gasteiger partial charge in [0.25, 0.3) is 0 Å². The summed E-state index contributed by atoms with van der Waals surface area (Å²) < 4.78 is 6.77. The summed E-state index contributed by atoms with van der Waals surface area (Å²) in [5.74, 6) is 1.71. The van der Waals surface area contributed by atoms with E-state index in [0.717, 1.165) is 19.5 Å². The van der Waals surface area contributed by atoms with Gasteiger partial charge in [0.1, 0.15) is 18.2 Å². The molecule has 2 heterocycles. The molecular weight excluding hydrogens is 246 g/mol. The summed E-state index contributed by atoms with van der Waals surface area (Å²) >= 11 is 0. The van der Waals surface area contributed by atoms with Crippen LogP contribution in [0.5, 0.6) is 0 Å². The smallest absolute Gasteiger partial charge is 0.158 e. The quantitative estimate of drug-likeness (QED) is 0.692. The van der Waals surface area contributed by atoms with Crippen LogP contribution in [-0.2, 0) is 17.9 Å². The van der Waals surface area contributed by atoms with Crippen molar-refractivity contribution in [2.45, 2.75) is 19.6 Å². The average Bonchev–Trinajstić information content (AvgIpc) is 2.87. The highest BCUT2D eigenvalue weighted by molar-refractivity contribution is 5.44. The number of hydrogen-bond donors (Lipinski definition) is 2. The van der Waals surface area contributed by atoms with E-state index >= 15 is 0 Å². The van der Waals surface area contributed by atoms with Gasteiger partial charge in [-0.2, -0.15) is 0 Å². The number of aromatic nitrogens is 5. The summed E-state index contributed by atoms with van der Waals surface area (Å²) in [5.41, 5.74) is 5.70. The van der Waals surface area contributed by atoms with Gasteiger partial charge in [-0.25, -0.2) is 9.97 Å². The predicted octanol–water partition coefficient (Wildman–Crippen LogP) is 0.299. The van der Waals surface area contributed by atoms with Crippen molar-refractivity contribution >= 4 is 11.6 Å². The first-order valence-electron chi connectivity index (χ1n) is 5.98. The van der Waals surface area contributed by atoms with Gasteiger partial charge in [0.05, 0.1) is 6.20 Å². The highest BCUT2D eigenvalue weighted by atomic mass is 16.5. The van der Waals surface area contributed by atoms with Crippen LogP contribution in [0.25, 0.3) is 0 Å². The lowest BCUT2D eigenvalue weighted by Gasteiger charge is -2.08. The van der Waals surface area contributed by atoms with Gasteiger partial charge in [0.15, 0.2) is 5.82 Å². The molecule has 8 nitrogen and oxygen atoms in total. The number of rotatable bonds is 7. The highest BCUT2D eigenvalue weighted by Gasteiger charge is 2.02. The van der Waals surface area contributed by atoms with E-state index in [1.807, 2.05) is 6.20 Å². The third kappa shape index (κ3) is 4.18. The van der Waals surface area contributed by atoms with Gasteiger partial charge >= 0.3 is 0 Å². The Bertz CT molecular complexity index is 500. The zero-order chi connectivity index (χ0) is 13.5. The lowest BCUT2D eigenvalue weighted by Crippen LogP contribution is -2.10. The van der Waals surface area contributed by atoms with E-state index in [9.17, 15) is 0 Å². The van der Waals surface area contributed by atoms with Gasteiger partial charge in [-0.05, 0) is 6.42 Å². The summed E-state index contributed by atoms with van der Waals surface area (Å²) in [6, 6.07) is 1.70. The minimum Gasteiger partial charge on any atom is -0.384 e. The number of nitrogens with one attached hydrogen (secondary N) is 1. The van der Waals surface area contributed by atoms with Crippen LogP contribution in [0.15, 0.2) is 18.5 Å². The van der Waals surface area contributed by atoms with Crippen molar-refractivity contribution in [1.82, 2.24) is 25.0 Å². The van der Waals surface area contributed by atoms with Crippen LogP contribution < -0.4 is 11.1 Å². The van der Waals surface area contributed by atoms with E-state index in [-0.39, 0.29) is 0 Å². The topological polar surface area (TPSA) is 104 Å². The Morgan fingerprint density at radius 3 is 3.05 bits per heavy atom. The van der Waals surface area contributed by atoms with Crippen molar-refractivity contribution in [2.75, 3.05) is 24.7 Å².